The molecule has 0 aliphatic heterocycles. The van der Waals surface area contributed by atoms with E-state index in [1.165, 1.54) is 0 Å². The molecule has 0 N–H and O–H groups in total. The number of aryl methyl sites for hydroxylation is 1. The van der Waals surface area contributed by atoms with Gasteiger partial charge in [-0.15, -0.1) is 13.2 Å². The third kappa shape index (κ3) is 3.35. The molecule has 1 aromatic heterocycles. The summed E-state index contributed by atoms with van der Waals surface area (Å²) >= 11 is 0. The Morgan fingerprint density at radius 3 is 2.67 bits per heavy atom. The molecular weight excluding hydrogens is 247 g/mol. The molecule has 0 amide bonds. The van der Waals surface area contributed by atoms with Gasteiger partial charge in [0.05, 0.1) is 6.61 Å². The van der Waals surface area contributed by atoms with Crippen LogP contribution in [-0.2, 0) is 17.7 Å². The summed E-state index contributed by atoms with van der Waals surface area (Å²) in [7, 11) is 0. The van der Waals surface area contributed by atoms with Crippen molar-refractivity contribution in [3.8, 4) is 0 Å². The number of carbonyl (C=O) groups excluding carboxylic acids is 1. The number of aromatic nitrogens is 1. The van der Waals surface area contributed by atoms with Gasteiger partial charge in [-0.25, -0.2) is 0 Å². The van der Waals surface area contributed by atoms with Crippen LogP contribution in [0.1, 0.15) is 35.2 Å². The Morgan fingerprint density at radius 1 is 1.22 bits per heavy atom. The molecule has 1 heterocycles. The van der Waals surface area contributed by atoms with Crippen LogP contribution in [0.2, 0.25) is 0 Å². The first kappa shape index (κ1) is 13.1. The number of carbonyl (C=O) groups is 1. The third-order valence-electron chi connectivity index (χ3n) is 2.98. The summed E-state index contributed by atoms with van der Waals surface area (Å²) in [6.07, 6.45) is 1.94. The maximum absolute atomic E-state index is 11.8. The Kier molecular flexibility index (Phi) is 3.75. The Bertz CT molecular complexity index is 437. The molecule has 6 heteroatoms. The van der Waals surface area contributed by atoms with E-state index in [2.05, 4.69) is 4.74 Å². The van der Waals surface area contributed by atoms with Crippen LogP contribution in [0.25, 0.3) is 0 Å². The number of halogens is 3. The quantitative estimate of drug-likeness (QED) is 0.783. The summed E-state index contributed by atoms with van der Waals surface area (Å²) in [4.78, 5) is 11.7. The van der Waals surface area contributed by atoms with Crippen molar-refractivity contribution in [3.63, 3.8) is 0 Å². The Labute approximate surface area is 103 Å². The van der Waals surface area contributed by atoms with E-state index < -0.39 is 13.0 Å². The number of ether oxygens (including phenoxy) is 1. The molecule has 0 unspecified atom stereocenters. The molecule has 100 valence electrons. The van der Waals surface area contributed by atoms with Crippen molar-refractivity contribution in [2.24, 2.45) is 0 Å². The van der Waals surface area contributed by atoms with Gasteiger partial charge in [0.25, 0.3) is 0 Å². The molecule has 2 rings (SSSR count). The number of alkyl halides is 3. The Hall–Kier alpha value is -1.30. The van der Waals surface area contributed by atoms with E-state index in [0.29, 0.717) is 12.0 Å². The smallest absolute Gasteiger partial charge is 0.351 e. The van der Waals surface area contributed by atoms with Crippen molar-refractivity contribution in [2.45, 2.75) is 38.6 Å². The molecule has 1 aromatic rings. The molecule has 0 saturated heterocycles. The largest absolute Gasteiger partial charge is 0.522 e. The van der Waals surface area contributed by atoms with Gasteiger partial charge in [0.1, 0.15) is 0 Å². The molecule has 0 atom stereocenters. The predicted molar refractivity (Wildman–Crippen MR) is 58.3 cm³/mol. The zero-order valence-electron chi connectivity index (χ0n) is 9.79. The molecule has 1 aliphatic carbocycles. The molecule has 3 nitrogen and oxygen atoms in total. The van der Waals surface area contributed by atoms with E-state index in [1.807, 2.05) is 0 Å². The summed E-state index contributed by atoms with van der Waals surface area (Å²) in [5.41, 5.74) is 1.59. The zero-order chi connectivity index (χ0) is 13.2. The fourth-order valence-corrected chi connectivity index (χ4v) is 2.14. The molecule has 0 saturated carbocycles. The minimum Gasteiger partial charge on any atom is -0.351 e. The number of rotatable bonds is 3. The highest BCUT2D eigenvalue weighted by Crippen LogP contribution is 2.22. The molecule has 0 aromatic carbocycles. The highest BCUT2D eigenvalue weighted by atomic mass is 19.4. The molecule has 0 spiro atoms. The van der Waals surface area contributed by atoms with E-state index in [0.717, 1.165) is 24.8 Å². The SMILES string of the molecule is O=C1CCCCc2cn(CCOC(F)(F)F)cc21. The Balaban J connectivity index is 1.99. The lowest BCUT2D eigenvalue weighted by molar-refractivity contribution is -0.325. The van der Waals surface area contributed by atoms with Crippen molar-refractivity contribution < 1.29 is 22.7 Å². The van der Waals surface area contributed by atoms with E-state index in [1.54, 1.807) is 17.0 Å². The monoisotopic (exact) mass is 261 g/mol. The van der Waals surface area contributed by atoms with Crippen molar-refractivity contribution >= 4 is 5.78 Å². The number of hydrogen-bond donors (Lipinski definition) is 0. The van der Waals surface area contributed by atoms with Gasteiger partial charge in [0, 0.05) is 30.9 Å². The lowest BCUT2D eigenvalue weighted by atomic mass is 10.1. The molecular formula is C12H14F3NO2. The Morgan fingerprint density at radius 2 is 1.94 bits per heavy atom. The van der Waals surface area contributed by atoms with Gasteiger partial charge >= 0.3 is 6.36 Å². The van der Waals surface area contributed by atoms with Crippen LogP contribution in [-0.4, -0.2) is 23.3 Å². The molecule has 0 fully saturated rings. The second kappa shape index (κ2) is 5.14. The first-order valence-corrected chi connectivity index (χ1v) is 5.88. The minimum atomic E-state index is -4.60. The maximum atomic E-state index is 11.8. The number of hydrogen-bond acceptors (Lipinski definition) is 2. The average Bonchev–Trinajstić information content (AvgIpc) is 2.58. The van der Waals surface area contributed by atoms with Gasteiger partial charge in [0.15, 0.2) is 5.78 Å². The summed E-state index contributed by atoms with van der Waals surface area (Å²) in [5.74, 6) is 0.0815. The van der Waals surface area contributed by atoms with E-state index >= 15 is 0 Å². The van der Waals surface area contributed by atoms with Gasteiger partial charge in [-0.3, -0.25) is 9.53 Å². The van der Waals surface area contributed by atoms with E-state index in [4.69, 9.17) is 0 Å². The van der Waals surface area contributed by atoms with Crippen LogP contribution in [0, 0.1) is 0 Å². The fourth-order valence-electron chi connectivity index (χ4n) is 2.14. The molecule has 18 heavy (non-hydrogen) atoms. The van der Waals surface area contributed by atoms with Gasteiger partial charge in [0.2, 0.25) is 0 Å². The summed E-state index contributed by atoms with van der Waals surface area (Å²) < 4.78 is 40.8. The highest BCUT2D eigenvalue weighted by Gasteiger charge is 2.28. The predicted octanol–water partition coefficient (Wildman–Crippen LogP) is 2.93. The highest BCUT2D eigenvalue weighted by molar-refractivity contribution is 5.97. The van der Waals surface area contributed by atoms with Crippen LogP contribution >= 0.6 is 0 Å². The first-order valence-electron chi connectivity index (χ1n) is 5.88. The summed E-state index contributed by atoms with van der Waals surface area (Å²) in [5, 5.41) is 0. The average molecular weight is 261 g/mol. The van der Waals surface area contributed by atoms with Crippen molar-refractivity contribution in [3.05, 3.63) is 23.5 Å². The topological polar surface area (TPSA) is 31.2 Å². The third-order valence-corrected chi connectivity index (χ3v) is 2.98. The lowest BCUT2D eigenvalue weighted by Crippen LogP contribution is -2.17. The number of fused-ring (bicyclic) bond motifs is 1. The molecule has 0 bridgehead atoms. The second-order valence-corrected chi connectivity index (χ2v) is 4.36. The lowest BCUT2D eigenvalue weighted by Gasteiger charge is -2.07. The van der Waals surface area contributed by atoms with E-state index in [-0.39, 0.29) is 12.3 Å². The van der Waals surface area contributed by atoms with Crippen LogP contribution in [0.15, 0.2) is 12.4 Å². The number of nitrogens with zero attached hydrogens (tertiary/aromatic N) is 1. The number of Topliss-reactive ketones (excluding diaryl/α,β-unsaturated/α-hetero) is 1. The first-order chi connectivity index (χ1) is 8.46. The van der Waals surface area contributed by atoms with Gasteiger partial charge in [-0.1, -0.05) is 0 Å². The maximum Gasteiger partial charge on any atom is 0.522 e. The van der Waals surface area contributed by atoms with Crippen LogP contribution in [0.5, 0.6) is 0 Å². The van der Waals surface area contributed by atoms with Crippen LogP contribution in [0.4, 0.5) is 13.2 Å². The van der Waals surface area contributed by atoms with Crippen molar-refractivity contribution in [1.29, 1.82) is 0 Å². The molecule has 0 radical (unpaired) electrons. The molecule has 1 aliphatic rings. The normalized spacial score (nSPS) is 16.5. The van der Waals surface area contributed by atoms with Gasteiger partial charge < -0.3 is 4.57 Å². The zero-order valence-corrected chi connectivity index (χ0v) is 9.79. The fraction of sp³-hybridized carbons (Fsp3) is 0.583. The summed E-state index contributed by atoms with van der Waals surface area (Å²) in [6.45, 7) is -0.342. The standard InChI is InChI=1S/C12H14F3NO2/c13-12(14,15)18-6-5-16-7-9-3-1-2-4-11(17)10(9)8-16/h7-8H,1-6H2. The van der Waals surface area contributed by atoms with Gasteiger partial charge in [-0.2, -0.15) is 0 Å². The van der Waals surface area contributed by atoms with E-state index in [9.17, 15) is 18.0 Å². The second-order valence-electron chi connectivity index (χ2n) is 4.36. The van der Waals surface area contributed by atoms with Crippen molar-refractivity contribution in [2.75, 3.05) is 6.61 Å². The van der Waals surface area contributed by atoms with Crippen molar-refractivity contribution in [1.82, 2.24) is 4.57 Å². The number of ketones is 1. The van der Waals surface area contributed by atoms with Gasteiger partial charge in [-0.05, 0) is 24.8 Å². The van der Waals surface area contributed by atoms with Crippen LogP contribution < -0.4 is 0 Å². The van der Waals surface area contributed by atoms with Crippen LogP contribution in [0.3, 0.4) is 0 Å². The minimum absolute atomic E-state index is 0.0815. The summed E-state index contributed by atoms with van der Waals surface area (Å²) in [6, 6.07) is 0.